The molecule has 0 saturated carbocycles. The highest BCUT2D eigenvalue weighted by Gasteiger charge is 2.29. The molecule has 0 aliphatic carbocycles. The summed E-state index contributed by atoms with van der Waals surface area (Å²) in [4.78, 5) is 0.161. The van der Waals surface area contributed by atoms with Gasteiger partial charge in [0.25, 0.3) is 0 Å². The van der Waals surface area contributed by atoms with Gasteiger partial charge in [-0.05, 0) is 81.1 Å². The Morgan fingerprint density at radius 2 is 1.84 bits per heavy atom. The number of rotatable bonds is 6. The van der Waals surface area contributed by atoms with E-state index in [4.69, 9.17) is 12.2 Å². The van der Waals surface area contributed by atoms with Gasteiger partial charge in [-0.1, -0.05) is 30.7 Å². The Balaban J connectivity index is 1.71. The largest absolute Gasteiger partial charge is 0.493 e. The quantitative estimate of drug-likeness (QED) is 0.216. The number of nitrogens with one attached hydrogen (secondary N) is 1. The first kappa shape index (κ1) is 27.0. The number of hydrogen-bond acceptors (Lipinski definition) is 5. The summed E-state index contributed by atoms with van der Waals surface area (Å²) >= 11 is 5.41. The van der Waals surface area contributed by atoms with Crippen molar-refractivity contribution in [3.05, 3.63) is 59.7 Å². The van der Waals surface area contributed by atoms with E-state index >= 15 is 0 Å². The number of piperidine rings is 1. The predicted octanol–water partition coefficient (Wildman–Crippen LogP) is 6.36. The zero-order valence-corrected chi connectivity index (χ0v) is 23.3. The smallest absolute Gasteiger partial charge is 0.243 e. The van der Waals surface area contributed by atoms with Gasteiger partial charge in [0.15, 0.2) is 5.69 Å². The summed E-state index contributed by atoms with van der Waals surface area (Å²) < 4.78 is 29.9. The Hall–Kier alpha value is -3.08. The minimum atomic E-state index is -3.68. The van der Waals surface area contributed by atoms with E-state index in [0.717, 1.165) is 35.2 Å². The van der Waals surface area contributed by atoms with Gasteiger partial charge >= 0.3 is 0 Å². The molecule has 2 N–H and O–H groups in total. The maximum atomic E-state index is 13.4. The fourth-order valence-corrected chi connectivity index (χ4v) is 6.49. The Bertz CT molecular complexity index is 1480. The topological polar surface area (TPSA) is 99.3 Å². The van der Waals surface area contributed by atoms with Gasteiger partial charge in [-0.15, -0.1) is 16.8 Å². The molecule has 1 fully saturated rings. The van der Waals surface area contributed by atoms with Crippen LogP contribution in [0.15, 0.2) is 58.1 Å². The number of aromatic nitrogens is 1. The van der Waals surface area contributed by atoms with E-state index in [2.05, 4.69) is 41.2 Å². The predicted molar refractivity (Wildman–Crippen MR) is 152 cm³/mol. The van der Waals surface area contributed by atoms with Gasteiger partial charge in [0.05, 0.1) is 10.4 Å². The summed E-state index contributed by atoms with van der Waals surface area (Å²) in [6.07, 6.45) is 3.32. The number of azo groups is 1. The number of nitrogens with zero attached hydrogens (tertiary/aromatic N) is 4. The minimum absolute atomic E-state index is 0.130. The third-order valence-electron chi connectivity index (χ3n) is 6.82. The van der Waals surface area contributed by atoms with Crippen LogP contribution in [0.5, 0.6) is 5.88 Å². The number of thiocarbonyl (C=S) groups is 1. The van der Waals surface area contributed by atoms with Gasteiger partial charge in [0.2, 0.25) is 21.0 Å². The van der Waals surface area contributed by atoms with E-state index in [9.17, 15) is 13.5 Å². The Labute approximate surface area is 223 Å². The van der Waals surface area contributed by atoms with Gasteiger partial charge in [0.1, 0.15) is 0 Å². The first-order valence-corrected chi connectivity index (χ1v) is 14.1. The van der Waals surface area contributed by atoms with E-state index in [-0.39, 0.29) is 21.6 Å². The third-order valence-corrected chi connectivity index (χ3v) is 8.90. The summed E-state index contributed by atoms with van der Waals surface area (Å²) in [6.45, 7) is 13.2. The number of sulfonamides is 1. The highest BCUT2D eigenvalue weighted by atomic mass is 32.2. The lowest BCUT2D eigenvalue weighted by Crippen LogP contribution is -2.37. The molecule has 2 heterocycles. The second kappa shape index (κ2) is 10.7. The lowest BCUT2D eigenvalue weighted by atomic mass is 10.0. The monoisotopic (exact) mass is 539 g/mol. The van der Waals surface area contributed by atoms with Gasteiger partial charge in [-0.2, -0.15) is 4.31 Å². The first-order chi connectivity index (χ1) is 17.5. The number of allylic oxidation sites excluding steroid dienone is 1. The van der Waals surface area contributed by atoms with E-state index in [1.807, 2.05) is 20.8 Å². The van der Waals surface area contributed by atoms with E-state index in [1.54, 1.807) is 28.8 Å². The lowest BCUT2D eigenvalue weighted by molar-refractivity contribution is 0.288. The van der Waals surface area contributed by atoms with Crippen LogP contribution < -0.4 is 5.32 Å². The summed E-state index contributed by atoms with van der Waals surface area (Å²) in [5, 5.41) is 23.1. The summed E-state index contributed by atoms with van der Waals surface area (Å²) in [5.74, 6) is 0.376. The molecule has 1 aliphatic heterocycles. The van der Waals surface area contributed by atoms with Crippen molar-refractivity contribution in [2.24, 2.45) is 16.1 Å². The molecular formula is C27H33N5O3S2. The van der Waals surface area contributed by atoms with Crippen molar-refractivity contribution in [2.75, 3.05) is 18.4 Å². The van der Waals surface area contributed by atoms with E-state index in [0.29, 0.717) is 36.5 Å². The highest BCUT2D eigenvalue weighted by molar-refractivity contribution is 7.89. The van der Waals surface area contributed by atoms with Crippen LogP contribution in [0.25, 0.3) is 10.9 Å². The number of benzene rings is 2. The number of aryl methyl sites for hydroxylation is 3. The van der Waals surface area contributed by atoms with Crippen LogP contribution in [-0.4, -0.2) is 40.6 Å². The zero-order chi connectivity index (χ0) is 26.9. The molecule has 196 valence electrons. The van der Waals surface area contributed by atoms with Crippen LogP contribution >= 0.6 is 12.2 Å². The van der Waals surface area contributed by atoms with Gasteiger partial charge in [0, 0.05) is 30.7 Å². The second-order valence-corrected chi connectivity index (χ2v) is 12.1. The van der Waals surface area contributed by atoms with Crippen molar-refractivity contribution in [2.45, 2.75) is 52.0 Å². The van der Waals surface area contributed by atoms with Crippen LogP contribution in [0.1, 0.15) is 36.5 Å². The second-order valence-electron chi connectivity index (χ2n) is 9.74. The van der Waals surface area contributed by atoms with Crippen molar-refractivity contribution >= 4 is 49.6 Å². The molecule has 4 rings (SSSR count). The van der Waals surface area contributed by atoms with Crippen LogP contribution in [0, 0.1) is 26.7 Å². The fourth-order valence-electron chi connectivity index (χ4n) is 4.85. The normalized spacial score (nSPS) is 15.5. The highest BCUT2D eigenvalue weighted by Crippen LogP contribution is 2.40. The summed E-state index contributed by atoms with van der Waals surface area (Å²) in [7, 11) is -3.68. The number of anilines is 1. The minimum Gasteiger partial charge on any atom is -0.493 e. The molecule has 3 aromatic rings. The Morgan fingerprint density at radius 3 is 2.46 bits per heavy atom. The number of aromatic hydroxyl groups is 1. The van der Waals surface area contributed by atoms with Crippen LogP contribution in [0.4, 0.5) is 11.4 Å². The van der Waals surface area contributed by atoms with Crippen molar-refractivity contribution in [3.8, 4) is 5.88 Å². The Kier molecular flexibility index (Phi) is 7.82. The molecule has 0 amide bonds. The zero-order valence-electron chi connectivity index (χ0n) is 21.7. The molecule has 1 saturated heterocycles. The fraction of sp³-hybridized carbons (Fsp3) is 0.370. The molecule has 1 aliphatic rings. The molecule has 10 heteroatoms. The van der Waals surface area contributed by atoms with Gasteiger partial charge in [-0.3, -0.25) is 0 Å². The molecule has 0 atom stereocenters. The van der Waals surface area contributed by atoms with E-state index < -0.39 is 10.0 Å². The molecule has 0 bridgehead atoms. The molecule has 0 spiro atoms. The average Bonchev–Trinajstić information content (AvgIpc) is 3.10. The SMILES string of the molecule is C=CCn1c(O)c(N=NC(=S)Nc2c(C)cc(C)cc2C)c2cc(S(=O)(=O)N3CCC(C)CC3)ccc21. The first-order valence-electron chi connectivity index (χ1n) is 12.3. The van der Waals surface area contributed by atoms with Crippen LogP contribution in [-0.2, 0) is 16.6 Å². The molecule has 37 heavy (non-hydrogen) atoms. The number of hydrogen-bond donors (Lipinski definition) is 2. The standard InChI is InChI=1S/C27H33N5O3S2/c1-6-11-32-23-8-7-21(37(34,35)31-12-9-17(2)10-13-31)16-22(23)25(26(32)33)29-30-27(36)28-24-19(4)14-18(3)15-20(24)5/h6-8,14-17,33H,1,9-13H2,2-5H3,(H,28,36). The van der Waals surface area contributed by atoms with Gasteiger partial charge < -0.3 is 15.0 Å². The molecule has 0 radical (unpaired) electrons. The Morgan fingerprint density at radius 1 is 1.19 bits per heavy atom. The molecule has 2 aromatic carbocycles. The van der Waals surface area contributed by atoms with Crippen molar-refractivity contribution in [3.63, 3.8) is 0 Å². The maximum absolute atomic E-state index is 13.4. The molecule has 0 unspecified atom stereocenters. The molecule has 8 nitrogen and oxygen atoms in total. The third kappa shape index (κ3) is 5.46. The van der Waals surface area contributed by atoms with Crippen LogP contribution in [0.3, 0.4) is 0 Å². The van der Waals surface area contributed by atoms with Gasteiger partial charge in [-0.25, -0.2) is 8.42 Å². The number of fused-ring (bicyclic) bond motifs is 1. The van der Waals surface area contributed by atoms with Crippen molar-refractivity contribution in [1.29, 1.82) is 0 Å². The van der Waals surface area contributed by atoms with Crippen molar-refractivity contribution < 1.29 is 13.5 Å². The van der Waals surface area contributed by atoms with Crippen LogP contribution in [0.2, 0.25) is 0 Å². The summed E-state index contributed by atoms with van der Waals surface area (Å²) in [5.41, 5.74) is 4.85. The molecular weight excluding hydrogens is 506 g/mol. The maximum Gasteiger partial charge on any atom is 0.243 e. The average molecular weight is 540 g/mol. The van der Waals surface area contributed by atoms with Crippen molar-refractivity contribution in [1.82, 2.24) is 8.87 Å². The molecule has 1 aromatic heterocycles. The van der Waals surface area contributed by atoms with E-state index in [1.165, 1.54) is 4.31 Å². The summed E-state index contributed by atoms with van der Waals surface area (Å²) in [6, 6.07) is 8.92. The lowest BCUT2D eigenvalue weighted by Gasteiger charge is -2.29.